The quantitative estimate of drug-likeness (QED) is 0.637. The number of para-hydroxylation sites is 2. The Labute approximate surface area is 157 Å². The van der Waals surface area contributed by atoms with Crippen LogP contribution in [-0.4, -0.2) is 24.6 Å². The van der Waals surface area contributed by atoms with Crippen LogP contribution in [0.1, 0.15) is 5.56 Å². The summed E-state index contributed by atoms with van der Waals surface area (Å²) in [6.45, 7) is -0.0187. The third-order valence-electron chi connectivity index (χ3n) is 3.88. The molecule has 0 aliphatic rings. The molecule has 3 rings (SSSR count). The number of carbonyl (C=O) groups excluding carboxylic acids is 1. The molecule has 1 heterocycles. The smallest absolute Gasteiger partial charge is 0.266 e. The molecule has 1 amide bonds. The number of anilines is 1. The number of halogens is 1. The normalized spacial score (nSPS) is 10.3. The summed E-state index contributed by atoms with van der Waals surface area (Å²) in [4.78, 5) is 18.5. The van der Waals surface area contributed by atoms with Crippen molar-refractivity contribution in [1.82, 2.24) is 4.98 Å². The van der Waals surface area contributed by atoms with Gasteiger partial charge in [0.2, 0.25) is 0 Å². The van der Waals surface area contributed by atoms with Crippen LogP contribution < -0.4 is 14.4 Å². The number of carbonyl (C=O) groups is 1. The molecule has 0 saturated heterocycles. The molecule has 1 aromatic heterocycles. The van der Waals surface area contributed by atoms with Crippen molar-refractivity contribution in [1.29, 1.82) is 0 Å². The van der Waals surface area contributed by atoms with Gasteiger partial charge in [-0.25, -0.2) is 9.37 Å². The van der Waals surface area contributed by atoms with Gasteiger partial charge in [-0.2, -0.15) is 0 Å². The fourth-order valence-corrected chi connectivity index (χ4v) is 2.58. The minimum atomic E-state index is -0.355. The fraction of sp³-hybridized carbons (Fsp3) is 0.143. The summed E-state index contributed by atoms with van der Waals surface area (Å²) in [7, 11) is 1.54. The molecule has 0 spiro atoms. The monoisotopic (exact) mass is 366 g/mol. The van der Waals surface area contributed by atoms with Gasteiger partial charge in [-0.15, -0.1) is 0 Å². The highest BCUT2D eigenvalue weighted by molar-refractivity contribution is 5.93. The zero-order valence-electron chi connectivity index (χ0n) is 14.8. The average molecular weight is 366 g/mol. The van der Waals surface area contributed by atoms with E-state index in [0.29, 0.717) is 22.9 Å². The molecule has 6 heteroatoms. The van der Waals surface area contributed by atoms with Gasteiger partial charge in [-0.05, 0) is 42.0 Å². The molecule has 0 unspecified atom stereocenters. The molecule has 0 atom stereocenters. The molecule has 0 N–H and O–H groups in total. The number of pyridine rings is 1. The molecule has 3 aromatic rings. The van der Waals surface area contributed by atoms with Gasteiger partial charge in [0.15, 0.2) is 18.1 Å². The first-order valence-electron chi connectivity index (χ1n) is 8.39. The van der Waals surface area contributed by atoms with E-state index >= 15 is 0 Å². The predicted octanol–water partition coefficient (Wildman–Crippen LogP) is 3.84. The Morgan fingerprint density at radius 3 is 2.52 bits per heavy atom. The standard InChI is InChI=1S/C21H19FN2O3/c1-26-18-9-2-3-10-19(18)27-15-21(25)24(20-11-4-5-12-23-20)14-16-7-6-8-17(22)13-16/h2-13H,14-15H2,1H3. The van der Waals surface area contributed by atoms with Crippen molar-refractivity contribution >= 4 is 11.7 Å². The summed E-state index contributed by atoms with van der Waals surface area (Å²) in [5.74, 6) is 0.824. The number of hydrogen-bond acceptors (Lipinski definition) is 4. The molecular formula is C21H19FN2O3. The third-order valence-corrected chi connectivity index (χ3v) is 3.88. The molecule has 0 aliphatic heterocycles. The maximum Gasteiger partial charge on any atom is 0.266 e. The summed E-state index contributed by atoms with van der Waals surface area (Å²) < 4.78 is 24.4. The molecule has 0 fully saturated rings. The minimum Gasteiger partial charge on any atom is -0.493 e. The van der Waals surface area contributed by atoms with E-state index in [1.165, 1.54) is 24.1 Å². The molecular weight excluding hydrogens is 347 g/mol. The molecule has 2 aromatic carbocycles. The predicted molar refractivity (Wildman–Crippen MR) is 100 cm³/mol. The lowest BCUT2D eigenvalue weighted by atomic mass is 10.2. The first-order chi connectivity index (χ1) is 13.2. The molecule has 27 heavy (non-hydrogen) atoms. The Morgan fingerprint density at radius 1 is 1.04 bits per heavy atom. The lowest BCUT2D eigenvalue weighted by molar-refractivity contribution is -0.120. The lowest BCUT2D eigenvalue weighted by Gasteiger charge is -2.22. The van der Waals surface area contributed by atoms with E-state index in [2.05, 4.69) is 4.98 Å². The highest BCUT2D eigenvalue weighted by Crippen LogP contribution is 2.26. The van der Waals surface area contributed by atoms with Gasteiger partial charge in [-0.3, -0.25) is 9.69 Å². The van der Waals surface area contributed by atoms with E-state index in [1.807, 2.05) is 6.07 Å². The van der Waals surface area contributed by atoms with Gasteiger partial charge in [-0.1, -0.05) is 30.3 Å². The van der Waals surface area contributed by atoms with Crippen molar-refractivity contribution in [3.63, 3.8) is 0 Å². The van der Waals surface area contributed by atoms with E-state index in [4.69, 9.17) is 9.47 Å². The zero-order valence-corrected chi connectivity index (χ0v) is 14.8. The largest absolute Gasteiger partial charge is 0.493 e. The molecule has 0 radical (unpaired) electrons. The number of ether oxygens (including phenoxy) is 2. The maximum atomic E-state index is 13.5. The SMILES string of the molecule is COc1ccccc1OCC(=O)N(Cc1cccc(F)c1)c1ccccn1. The van der Waals surface area contributed by atoms with Crippen LogP contribution in [-0.2, 0) is 11.3 Å². The first kappa shape index (κ1) is 18.4. The van der Waals surface area contributed by atoms with Crippen molar-refractivity contribution in [2.45, 2.75) is 6.54 Å². The highest BCUT2D eigenvalue weighted by Gasteiger charge is 2.19. The topological polar surface area (TPSA) is 51.7 Å². The second-order valence-electron chi connectivity index (χ2n) is 5.74. The number of amides is 1. The van der Waals surface area contributed by atoms with E-state index < -0.39 is 0 Å². The molecule has 5 nitrogen and oxygen atoms in total. The highest BCUT2D eigenvalue weighted by atomic mass is 19.1. The molecule has 0 aliphatic carbocycles. The Balaban J connectivity index is 1.78. The Hall–Kier alpha value is -3.41. The fourth-order valence-electron chi connectivity index (χ4n) is 2.58. The lowest BCUT2D eigenvalue weighted by Crippen LogP contribution is -2.35. The van der Waals surface area contributed by atoms with Crippen LogP contribution in [0, 0.1) is 5.82 Å². The minimum absolute atomic E-state index is 0.183. The number of rotatable bonds is 7. The van der Waals surface area contributed by atoms with Gasteiger partial charge < -0.3 is 9.47 Å². The van der Waals surface area contributed by atoms with Crippen LogP contribution in [0.5, 0.6) is 11.5 Å². The second-order valence-corrected chi connectivity index (χ2v) is 5.74. The van der Waals surface area contributed by atoms with Crippen molar-refractivity contribution in [2.75, 3.05) is 18.6 Å². The van der Waals surface area contributed by atoms with Crippen LogP contribution in [0.15, 0.2) is 72.9 Å². The van der Waals surface area contributed by atoms with E-state index in [1.54, 1.807) is 54.7 Å². The van der Waals surface area contributed by atoms with E-state index in [-0.39, 0.29) is 24.9 Å². The van der Waals surface area contributed by atoms with Crippen molar-refractivity contribution < 1.29 is 18.7 Å². The second kappa shape index (κ2) is 8.80. The molecule has 0 saturated carbocycles. The summed E-state index contributed by atoms with van der Waals surface area (Å²) in [5.41, 5.74) is 0.659. The van der Waals surface area contributed by atoms with E-state index in [9.17, 15) is 9.18 Å². The first-order valence-corrected chi connectivity index (χ1v) is 8.39. The maximum absolute atomic E-state index is 13.5. The van der Waals surface area contributed by atoms with Crippen LogP contribution >= 0.6 is 0 Å². The average Bonchev–Trinajstić information content (AvgIpc) is 2.71. The van der Waals surface area contributed by atoms with Crippen molar-refractivity contribution in [3.05, 3.63) is 84.3 Å². The van der Waals surface area contributed by atoms with Crippen LogP contribution in [0.4, 0.5) is 10.2 Å². The zero-order chi connectivity index (χ0) is 19.1. The van der Waals surface area contributed by atoms with Crippen LogP contribution in [0.2, 0.25) is 0 Å². The van der Waals surface area contributed by atoms with Gasteiger partial charge in [0.05, 0.1) is 13.7 Å². The van der Waals surface area contributed by atoms with Crippen LogP contribution in [0.25, 0.3) is 0 Å². The molecule has 138 valence electrons. The van der Waals surface area contributed by atoms with Gasteiger partial charge >= 0.3 is 0 Å². The van der Waals surface area contributed by atoms with Crippen molar-refractivity contribution in [2.24, 2.45) is 0 Å². The number of aromatic nitrogens is 1. The van der Waals surface area contributed by atoms with Gasteiger partial charge in [0, 0.05) is 6.20 Å². The summed E-state index contributed by atoms with van der Waals surface area (Å²) in [6, 6.07) is 18.5. The number of nitrogens with zero attached hydrogens (tertiary/aromatic N) is 2. The van der Waals surface area contributed by atoms with Gasteiger partial charge in [0.1, 0.15) is 11.6 Å². The number of methoxy groups -OCH3 is 1. The van der Waals surface area contributed by atoms with Crippen molar-refractivity contribution in [3.8, 4) is 11.5 Å². The Kier molecular flexibility index (Phi) is 5.99. The van der Waals surface area contributed by atoms with Gasteiger partial charge in [0.25, 0.3) is 5.91 Å². The Bertz CT molecular complexity index is 903. The van der Waals surface area contributed by atoms with Crippen LogP contribution in [0.3, 0.4) is 0 Å². The Morgan fingerprint density at radius 2 is 1.81 bits per heavy atom. The summed E-state index contributed by atoms with van der Waals surface area (Å²) in [5, 5.41) is 0. The number of hydrogen-bond donors (Lipinski definition) is 0. The number of benzene rings is 2. The van der Waals surface area contributed by atoms with E-state index in [0.717, 1.165) is 0 Å². The molecule has 0 bridgehead atoms. The summed E-state index contributed by atoms with van der Waals surface area (Å²) in [6.07, 6.45) is 1.60. The summed E-state index contributed by atoms with van der Waals surface area (Å²) >= 11 is 0. The third kappa shape index (κ3) is 4.82.